The summed E-state index contributed by atoms with van der Waals surface area (Å²) in [6.07, 6.45) is 1.30. The molecule has 27 heavy (non-hydrogen) atoms. The fourth-order valence-corrected chi connectivity index (χ4v) is 2.37. The number of nitro benzene ring substituents is 1. The van der Waals surface area contributed by atoms with E-state index >= 15 is 0 Å². The third-order valence-corrected chi connectivity index (χ3v) is 3.73. The second-order valence-electron chi connectivity index (χ2n) is 5.32. The molecule has 0 heterocycles. The maximum absolute atomic E-state index is 12.4. The largest absolute Gasteiger partial charge is 0.395 e. The van der Waals surface area contributed by atoms with Crippen LogP contribution in [0.2, 0.25) is 5.02 Å². The number of carbonyl (C=O) groups is 2. The van der Waals surface area contributed by atoms with Gasteiger partial charge in [-0.25, -0.2) is 0 Å². The van der Waals surface area contributed by atoms with Crippen LogP contribution in [0, 0.1) is 10.1 Å². The van der Waals surface area contributed by atoms with Crippen LogP contribution in [0.25, 0.3) is 6.08 Å². The number of hydrogen-bond donors (Lipinski definition) is 3. The van der Waals surface area contributed by atoms with E-state index in [0.29, 0.717) is 5.56 Å². The summed E-state index contributed by atoms with van der Waals surface area (Å²) in [7, 11) is 0. The van der Waals surface area contributed by atoms with Gasteiger partial charge in [-0.3, -0.25) is 19.7 Å². The van der Waals surface area contributed by atoms with Crippen molar-refractivity contribution in [2.75, 3.05) is 13.2 Å². The SMILES string of the molecule is O=C(NCCO)/C(=C/c1cccc([N+](=O)[O-])c1)NC(=O)c1ccccc1Cl. The molecule has 0 aliphatic carbocycles. The van der Waals surface area contributed by atoms with Crippen molar-refractivity contribution in [2.24, 2.45) is 0 Å². The molecule has 2 rings (SSSR count). The van der Waals surface area contributed by atoms with Gasteiger partial charge in [-0.05, 0) is 23.8 Å². The second-order valence-corrected chi connectivity index (χ2v) is 5.73. The number of hydrogen-bond acceptors (Lipinski definition) is 5. The number of nitro groups is 1. The van der Waals surface area contributed by atoms with Gasteiger partial charge in [0.2, 0.25) is 0 Å². The molecule has 0 saturated carbocycles. The molecule has 0 aromatic heterocycles. The first-order chi connectivity index (χ1) is 12.9. The minimum Gasteiger partial charge on any atom is -0.395 e. The zero-order valence-electron chi connectivity index (χ0n) is 14.0. The Morgan fingerprint density at radius 3 is 2.59 bits per heavy atom. The van der Waals surface area contributed by atoms with Gasteiger partial charge >= 0.3 is 0 Å². The van der Waals surface area contributed by atoms with Gasteiger partial charge < -0.3 is 15.7 Å². The average Bonchev–Trinajstić information content (AvgIpc) is 2.66. The molecule has 0 aliphatic rings. The summed E-state index contributed by atoms with van der Waals surface area (Å²) < 4.78 is 0. The van der Waals surface area contributed by atoms with Gasteiger partial charge in [0.1, 0.15) is 5.70 Å². The summed E-state index contributed by atoms with van der Waals surface area (Å²) in [5, 5.41) is 24.9. The quantitative estimate of drug-likeness (QED) is 0.380. The van der Waals surface area contributed by atoms with E-state index in [4.69, 9.17) is 16.7 Å². The monoisotopic (exact) mass is 389 g/mol. The molecule has 0 fully saturated rings. The van der Waals surface area contributed by atoms with Gasteiger partial charge in [0.05, 0.1) is 22.1 Å². The van der Waals surface area contributed by atoms with Crippen molar-refractivity contribution in [2.45, 2.75) is 0 Å². The summed E-state index contributed by atoms with van der Waals surface area (Å²) in [6.45, 7) is -0.304. The molecule has 0 atom stereocenters. The van der Waals surface area contributed by atoms with Crippen LogP contribution < -0.4 is 10.6 Å². The van der Waals surface area contributed by atoms with Crippen molar-refractivity contribution < 1.29 is 19.6 Å². The van der Waals surface area contributed by atoms with E-state index in [0.717, 1.165) is 0 Å². The van der Waals surface area contributed by atoms with E-state index in [2.05, 4.69) is 10.6 Å². The van der Waals surface area contributed by atoms with Crippen molar-refractivity contribution in [1.29, 1.82) is 0 Å². The predicted octanol–water partition coefficient (Wildman–Crippen LogP) is 2.13. The third-order valence-electron chi connectivity index (χ3n) is 3.40. The van der Waals surface area contributed by atoms with Crippen LogP contribution in [0.1, 0.15) is 15.9 Å². The molecule has 0 unspecified atom stereocenters. The molecule has 0 bridgehead atoms. The van der Waals surface area contributed by atoms with Crippen LogP contribution in [0.3, 0.4) is 0 Å². The molecule has 2 aromatic carbocycles. The summed E-state index contributed by atoms with van der Waals surface area (Å²) >= 11 is 5.99. The molecule has 3 N–H and O–H groups in total. The normalized spacial score (nSPS) is 11.0. The maximum atomic E-state index is 12.4. The number of carbonyl (C=O) groups excluding carboxylic acids is 2. The Bertz CT molecular complexity index is 898. The Balaban J connectivity index is 2.35. The van der Waals surface area contributed by atoms with E-state index in [9.17, 15) is 19.7 Å². The molecule has 9 heteroatoms. The average molecular weight is 390 g/mol. The Labute approximate surface area is 159 Å². The highest BCUT2D eigenvalue weighted by molar-refractivity contribution is 6.34. The van der Waals surface area contributed by atoms with E-state index in [1.54, 1.807) is 18.2 Å². The molecule has 0 saturated heterocycles. The molecule has 2 amide bonds. The molecule has 0 aliphatic heterocycles. The van der Waals surface area contributed by atoms with Gasteiger partial charge in [-0.2, -0.15) is 0 Å². The lowest BCUT2D eigenvalue weighted by Gasteiger charge is -2.11. The zero-order chi connectivity index (χ0) is 19.8. The third kappa shape index (κ3) is 5.63. The van der Waals surface area contributed by atoms with Crippen molar-refractivity contribution in [1.82, 2.24) is 10.6 Å². The van der Waals surface area contributed by atoms with Crippen molar-refractivity contribution in [3.05, 3.63) is 80.5 Å². The summed E-state index contributed by atoms with van der Waals surface area (Å²) in [5.41, 5.74) is 0.210. The number of benzene rings is 2. The number of halogens is 1. The van der Waals surface area contributed by atoms with Crippen LogP contribution in [0.15, 0.2) is 54.2 Å². The number of aliphatic hydroxyl groups excluding tert-OH is 1. The van der Waals surface area contributed by atoms with Gasteiger partial charge in [0.25, 0.3) is 17.5 Å². The van der Waals surface area contributed by atoms with Crippen LogP contribution in [-0.2, 0) is 4.79 Å². The fourth-order valence-electron chi connectivity index (χ4n) is 2.15. The molecular formula is C18H16ClN3O5. The molecule has 0 spiro atoms. The highest BCUT2D eigenvalue weighted by Gasteiger charge is 2.16. The Hall–Kier alpha value is -3.23. The standard InChI is InChI=1S/C18H16ClN3O5/c19-15-7-2-1-6-14(15)17(24)21-16(18(25)20-8-9-23)11-12-4-3-5-13(10-12)22(26)27/h1-7,10-11,23H,8-9H2,(H,20,25)(H,21,24)/b16-11-. The summed E-state index contributed by atoms with van der Waals surface area (Å²) in [5.74, 6) is -1.27. The number of nitrogens with one attached hydrogen (secondary N) is 2. The van der Waals surface area contributed by atoms with Crippen LogP contribution in [-0.4, -0.2) is 35.0 Å². The predicted molar refractivity (Wildman–Crippen MR) is 100 cm³/mol. The highest BCUT2D eigenvalue weighted by Crippen LogP contribution is 2.17. The molecule has 140 valence electrons. The van der Waals surface area contributed by atoms with Gasteiger partial charge in [-0.1, -0.05) is 35.9 Å². The van der Waals surface area contributed by atoms with Gasteiger partial charge in [0.15, 0.2) is 0 Å². The summed E-state index contributed by atoms with van der Waals surface area (Å²) in [6, 6.07) is 11.9. The van der Waals surface area contributed by atoms with E-state index in [1.807, 2.05) is 0 Å². The van der Waals surface area contributed by atoms with E-state index in [1.165, 1.54) is 36.4 Å². The first-order valence-electron chi connectivity index (χ1n) is 7.83. The minimum absolute atomic E-state index is 0.0208. The Morgan fingerprint density at radius 2 is 1.93 bits per heavy atom. The Kier molecular flexibility index (Phi) is 7.04. The molecule has 0 radical (unpaired) electrons. The number of rotatable bonds is 7. The number of nitrogens with zero attached hydrogens (tertiary/aromatic N) is 1. The smallest absolute Gasteiger partial charge is 0.270 e. The van der Waals surface area contributed by atoms with Crippen LogP contribution in [0.4, 0.5) is 5.69 Å². The van der Waals surface area contributed by atoms with E-state index < -0.39 is 16.7 Å². The zero-order valence-corrected chi connectivity index (χ0v) is 14.8. The molecule has 2 aromatic rings. The number of aliphatic hydroxyl groups is 1. The maximum Gasteiger partial charge on any atom is 0.270 e. The van der Waals surface area contributed by atoms with Gasteiger partial charge in [-0.15, -0.1) is 0 Å². The lowest BCUT2D eigenvalue weighted by molar-refractivity contribution is -0.384. The van der Waals surface area contributed by atoms with E-state index in [-0.39, 0.29) is 35.1 Å². The highest BCUT2D eigenvalue weighted by atomic mass is 35.5. The van der Waals surface area contributed by atoms with Crippen molar-refractivity contribution in [3.8, 4) is 0 Å². The number of non-ortho nitro benzene ring substituents is 1. The van der Waals surface area contributed by atoms with Gasteiger partial charge in [0, 0.05) is 18.7 Å². The molecule has 8 nitrogen and oxygen atoms in total. The lowest BCUT2D eigenvalue weighted by atomic mass is 10.1. The van der Waals surface area contributed by atoms with Crippen LogP contribution >= 0.6 is 11.6 Å². The lowest BCUT2D eigenvalue weighted by Crippen LogP contribution is -2.36. The Morgan fingerprint density at radius 1 is 1.19 bits per heavy atom. The first kappa shape index (κ1) is 20.1. The molecular weight excluding hydrogens is 374 g/mol. The van der Waals surface area contributed by atoms with Crippen molar-refractivity contribution in [3.63, 3.8) is 0 Å². The minimum atomic E-state index is -0.657. The number of amides is 2. The second kappa shape index (κ2) is 9.46. The van der Waals surface area contributed by atoms with Crippen molar-refractivity contribution >= 4 is 35.2 Å². The summed E-state index contributed by atoms with van der Waals surface area (Å²) in [4.78, 5) is 35.1. The fraction of sp³-hybridized carbons (Fsp3) is 0.111. The topological polar surface area (TPSA) is 122 Å². The van der Waals surface area contributed by atoms with Crippen LogP contribution in [0.5, 0.6) is 0 Å². The first-order valence-corrected chi connectivity index (χ1v) is 8.21.